The van der Waals surface area contributed by atoms with Crippen molar-refractivity contribution < 1.29 is 23.1 Å². The van der Waals surface area contributed by atoms with E-state index in [0.717, 1.165) is 18.2 Å². The molecule has 1 aromatic carbocycles. The van der Waals surface area contributed by atoms with Crippen LogP contribution in [0, 0.1) is 5.82 Å². The second-order valence-corrected chi connectivity index (χ2v) is 4.54. The number of carbonyl (C=O) groups is 2. The van der Waals surface area contributed by atoms with Gasteiger partial charge in [-0.3, -0.25) is 4.79 Å². The van der Waals surface area contributed by atoms with Crippen LogP contribution in [0.5, 0.6) is 0 Å². The summed E-state index contributed by atoms with van der Waals surface area (Å²) in [6.45, 7) is -0.491. The quantitative estimate of drug-likeness (QED) is 0.677. The van der Waals surface area contributed by atoms with Crippen LogP contribution in [0.4, 0.5) is 10.1 Å². The zero-order valence-electron chi connectivity index (χ0n) is 11.2. The van der Waals surface area contributed by atoms with Gasteiger partial charge in [-0.15, -0.1) is 0 Å². The first-order chi connectivity index (χ1) is 10.5. The molecule has 1 aromatic heterocycles. The first-order valence-corrected chi connectivity index (χ1v) is 6.55. The third-order valence-corrected chi connectivity index (χ3v) is 2.79. The van der Waals surface area contributed by atoms with E-state index in [1.54, 1.807) is 12.1 Å². The van der Waals surface area contributed by atoms with Crippen molar-refractivity contribution in [3.8, 4) is 0 Å². The zero-order chi connectivity index (χ0) is 15.9. The molecule has 0 aliphatic heterocycles. The fourth-order valence-electron chi connectivity index (χ4n) is 1.50. The highest BCUT2D eigenvalue weighted by atomic mass is 35.5. The van der Waals surface area contributed by atoms with Crippen LogP contribution >= 0.6 is 11.6 Å². The van der Waals surface area contributed by atoms with Crippen molar-refractivity contribution in [1.82, 2.24) is 0 Å². The molecule has 1 amide bonds. The average Bonchev–Trinajstić information content (AvgIpc) is 2.99. The summed E-state index contributed by atoms with van der Waals surface area (Å²) in [6.07, 6.45) is 4.01. The molecular formula is C15H11ClFNO4. The highest BCUT2D eigenvalue weighted by Crippen LogP contribution is 2.22. The SMILES string of the molecule is O=C(COC(=O)/C=C/c1ccco1)Nc1ccc(F)cc1Cl. The number of carbonyl (C=O) groups excluding carboxylic acids is 2. The lowest BCUT2D eigenvalue weighted by molar-refractivity contribution is -0.142. The molecule has 7 heteroatoms. The topological polar surface area (TPSA) is 68.5 Å². The Morgan fingerprint density at radius 1 is 1.36 bits per heavy atom. The summed E-state index contributed by atoms with van der Waals surface area (Å²) in [5.74, 6) is -1.32. The van der Waals surface area contributed by atoms with E-state index in [0.29, 0.717) is 5.76 Å². The average molecular weight is 324 g/mol. The molecule has 1 N–H and O–H groups in total. The van der Waals surface area contributed by atoms with Gasteiger partial charge in [0.05, 0.1) is 17.0 Å². The number of nitrogens with one attached hydrogen (secondary N) is 1. The molecule has 22 heavy (non-hydrogen) atoms. The summed E-state index contributed by atoms with van der Waals surface area (Å²) in [6, 6.07) is 6.86. The van der Waals surface area contributed by atoms with Crippen LogP contribution in [0.25, 0.3) is 6.08 Å². The molecule has 0 radical (unpaired) electrons. The lowest BCUT2D eigenvalue weighted by Crippen LogP contribution is -2.20. The second-order valence-electron chi connectivity index (χ2n) is 4.13. The van der Waals surface area contributed by atoms with E-state index in [9.17, 15) is 14.0 Å². The normalized spacial score (nSPS) is 10.6. The van der Waals surface area contributed by atoms with Crippen molar-refractivity contribution in [2.75, 3.05) is 11.9 Å². The number of ether oxygens (including phenoxy) is 1. The number of hydrogen-bond donors (Lipinski definition) is 1. The molecule has 0 bridgehead atoms. The van der Waals surface area contributed by atoms with Gasteiger partial charge >= 0.3 is 5.97 Å². The van der Waals surface area contributed by atoms with Crippen molar-refractivity contribution in [1.29, 1.82) is 0 Å². The summed E-state index contributed by atoms with van der Waals surface area (Å²) in [5, 5.41) is 2.46. The minimum atomic E-state index is -0.697. The molecule has 5 nitrogen and oxygen atoms in total. The van der Waals surface area contributed by atoms with Gasteiger partial charge in [-0.2, -0.15) is 0 Å². The van der Waals surface area contributed by atoms with Crippen LogP contribution < -0.4 is 5.32 Å². The minimum Gasteiger partial charge on any atom is -0.465 e. The van der Waals surface area contributed by atoms with Crippen molar-refractivity contribution in [2.24, 2.45) is 0 Å². The molecule has 0 aliphatic rings. The Bertz CT molecular complexity index is 698. The molecule has 0 spiro atoms. The van der Waals surface area contributed by atoms with Crippen LogP contribution in [0.1, 0.15) is 5.76 Å². The molecule has 0 unspecified atom stereocenters. The van der Waals surface area contributed by atoms with E-state index in [2.05, 4.69) is 5.32 Å². The van der Waals surface area contributed by atoms with Crippen molar-refractivity contribution in [3.63, 3.8) is 0 Å². The number of furan rings is 1. The molecule has 0 saturated heterocycles. The lowest BCUT2D eigenvalue weighted by atomic mass is 10.3. The van der Waals surface area contributed by atoms with Gasteiger partial charge in [0.25, 0.3) is 5.91 Å². The predicted molar refractivity (Wildman–Crippen MR) is 78.7 cm³/mol. The van der Waals surface area contributed by atoms with Crippen LogP contribution in [0.2, 0.25) is 5.02 Å². The van der Waals surface area contributed by atoms with E-state index in [1.807, 2.05) is 0 Å². The number of amides is 1. The summed E-state index contributed by atoms with van der Waals surface area (Å²) in [4.78, 5) is 23.0. The Hall–Kier alpha value is -2.60. The highest BCUT2D eigenvalue weighted by molar-refractivity contribution is 6.33. The number of hydrogen-bond acceptors (Lipinski definition) is 4. The molecule has 0 fully saturated rings. The lowest BCUT2D eigenvalue weighted by Gasteiger charge is -2.07. The van der Waals surface area contributed by atoms with Crippen LogP contribution in [-0.2, 0) is 14.3 Å². The number of benzene rings is 1. The molecular weight excluding hydrogens is 313 g/mol. The maximum atomic E-state index is 12.9. The third kappa shape index (κ3) is 4.75. The molecule has 0 aliphatic carbocycles. The number of anilines is 1. The van der Waals surface area contributed by atoms with Crippen LogP contribution in [-0.4, -0.2) is 18.5 Å². The Balaban J connectivity index is 1.81. The maximum absolute atomic E-state index is 12.9. The van der Waals surface area contributed by atoms with E-state index in [4.69, 9.17) is 20.8 Å². The Morgan fingerprint density at radius 3 is 2.86 bits per heavy atom. The monoisotopic (exact) mass is 323 g/mol. The number of esters is 1. The van der Waals surface area contributed by atoms with Gasteiger partial charge in [-0.1, -0.05) is 11.6 Å². The molecule has 0 atom stereocenters. The van der Waals surface area contributed by atoms with Crippen molar-refractivity contribution >= 4 is 35.2 Å². The smallest absolute Gasteiger partial charge is 0.331 e. The van der Waals surface area contributed by atoms with Crippen molar-refractivity contribution in [2.45, 2.75) is 0 Å². The van der Waals surface area contributed by atoms with Crippen LogP contribution in [0.3, 0.4) is 0 Å². The third-order valence-electron chi connectivity index (χ3n) is 2.48. The molecule has 2 aromatic rings. The molecule has 1 heterocycles. The van der Waals surface area contributed by atoms with Crippen molar-refractivity contribution in [3.05, 3.63) is 59.3 Å². The van der Waals surface area contributed by atoms with Gasteiger partial charge in [-0.25, -0.2) is 9.18 Å². The largest absolute Gasteiger partial charge is 0.465 e. The molecule has 2 rings (SSSR count). The Morgan fingerprint density at radius 2 is 2.18 bits per heavy atom. The van der Waals surface area contributed by atoms with Gasteiger partial charge < -0.3 is 14.5 Å². The Kier molecular flexibility index (Phi) is 5.32. The summed E-state index contributed by atoms with van der Waals surface area (Å²) >= 11 is 5.76. The van der Waals surface area contributed by atoms with E-state index in [1.165, 1.54) is 18.4 Å². The Labute approximate surface area is 130 Å². The molecule has 114 valence electrons. The summed E-state index contributed by atoms with van der Waals surface area (Å²) in [5.41, 5.74) is 0.232. The van der Waals surface area contributed by atoms with E-state index >= 15 is 0 Å². The summed E-state index contributed by atoms with van der Waals surface area (Å²) < 4.78 is 22.6. The van der Waals surface area contributed by atoms with Gasteiger partial charge in [0, 0.05) is 6.08 Å². The zero-order valence-corrected chi connectivity index (χ0v) is 12.0. The van der Waals surface area contributed by atoms with Gasteiger partial charge in [0.15, 0.2) is 6.61 Å². The summed E-state index contributed by atoms with van der Waals surface area (Å²) in [7, 11) is 0. The first kappa shape index (κ1) is 15.8. The first-order valence-electron chi connectivity index (χ1n) is 6.18. The highest BCUT2D eigenvalue weighted by Gasteiger charge is 2.08. The van der Waals surface area contributed by atoms with E-state index in [-0.39, 0.29) is 10.7 Å². The van der Waals surface area contributed by atoms with Crippen LogP contribution in [0.15, 0.2) is 47.1 Å². The van der Waals surface area contributed by atoms with Gasteiger partial charge in [0.2, 0.25) is 0 Å². The minimum absolute atomic E-state index is 0.0531. The molecule has 0 saturated carbocycles. The number of halogens is 2. The van der Waals surface area contributed by atoms with Gasteiger partial charge in [0.1, 0.15) is 11.6 Å². The fourth-order valence-corrected chi connectivity index (χ4v) is 1.71. The second kappa shape index (κ2) is 7.42. The van der Waals surface area contributed by atoms with Gasteiger partial charge in [-0.05, 0) is 36.4 Å². The number of rotatable bonds is 5. The predicted octanol–water partition coefficient (Wildman–Crippen LogP) is 3.27. The maximum Gasteiger partial charge on any atom is 0.331 e. The van der Waals surface area contributed by atoms with E-state index < -0.39 is 24.3 Å². The standard InChI is InChI=1S/C15H11ClFNO4/c16-12-8-10(17)3-5-13(12)18-14(19)9-22-15(20)6-4-11-2-1-7-21-11/h1-8H,9H2,(H,18,19)/b6-4+. The fraction of sp³-hybridized carbons (Fsp3) is 0.0667.